The third-order valence-corrected chi connectivity index (χ3v) is 4.71. The lowest BCUT2D eigenvalue weighted by Crippen LogP contribution is -2.09. The van der Waals surface area contributed by atoms with Gasteiger partial charge in [0.15, 0.2) is 0 Å². The van der Waals surface area contributed by atoms with Crippen LogP contribution in [0.1, 0.15) is 25.7 Å². The van der Waals surface area contributed by atoms with E-state index in [0.29, 0.717) is 30.5 Å². The molecular weight excluding hydrogens is 300 g/mol. The zero-order valence-electron chi connectivity index (χ0n) is 13.7. The number of epoxide rings is 5. The maximum absolute atomic E-state index is 5.29. The molecule has 23 heavy (non-hydrogen) atoms. The van der Waals surface area contributed by atoms with Crippen molar-refractivity contribution in [3.05, 3.63) is 0 Å². The van der Waals surface area contributed by atoms with Crippen LogP contribution in [0.15, 0.2) is 0 Å². The summed E-state index contributed by atoms with van der Waals surface area (Å²) in [6.07, 6.45) is 7.52. The normalized spacial score (nSPS) is 39.9. The minimum Gasteiger partial charge on any atom is -0.376 e. The second-order valence-corrected chi connectivity index (χ2v) is 7.23. The van der Waals surface area contributed by atoms with Crippen molar-refractivity contribution in [2.24, 2.45) is 5.92 Å². The van der Waals surface area contributed by atoms with E-state index in [1.165, 1.54) is 25.7 Å². The molecule has 0 saturated carbocycles. The van der Waals surface area contributed by atoms with Crippen molar-refractivity contribution in [1.82, 2.24) is 0 Å². The number of hydrogen-bond donors (Lipinski definition) is 0. The quantitative estimate of drug-likeness (QED) is 0.530. The molecule has 0 bridgehead atoms. The van der Waals surface area contributed by atoms with Gasteiger partial charge in [0.05, 0.1) is 64.6 Å². The summed E-state index contributed by atoms with van der Waals surface area (Å²) in [5.41, 5.74) is 0. The fourth-order valence-corrected chi connectivity index (χ4v) is 2.80. The van der Waals surface area contributed by atoms with Crippen LogP contribution in [0.5, 0.6) is 0 Å². The van der Waals surface area contributed by atoms with Crippen LogP contribution in [0.3, 0.4) is 0 Å². The van der Waals surface area contributed by atoms with Crippen LogP contribution in [-0.2, 0) is 28.4 Å². The molecule has 0 aromatic carbocycles. The number of ether oxygens (including phenoxy) is 6. The average molecular weight is 328 g/mol. The second kappa shape index (κ2) is 7.76. The van der Waals surface area contributed by atoms with Crippen LogP contribution in [-0.4, -0.2) is 76.8 Å². The maximum atomic E-state index is 5.29. The molecule has 0 aliphatic carbocycles. The Morgan fingerprint density at radius 1 is 0.652 bits per heavy atom. The molecule has 6 heteroatoms. The van der Waals surface area contributed by atoms with Crippen molar-refractivity contribution in [2.75, 3.05) is 46.2 Å². The summed E-state index contributed by atoms with van der Waals surface area (Å²) in [5, 5.41) is 0. The van der Waals surface area contributed by atoms with Gasteiger partial charge in [0.25, 0.3) is 0 Å². The molecule has 5 heterocycles. The minimum absolute atomic E-state index is 0.392. The minimum atomic E-state index is 0.392. The van der Waals surface area contributed by atoms with E-state index >= 15 is 0 Å². The molecule has 5 rings (SSSR count). The number of rotatable bonds is 11. The van der Waals surface area contributed by atoms with Crippen molar-refractivity contribution < 1.29 is 28.4 Å². The molecule has 0 amide bonds. The first-order valence-corrected chi connectivity index (χ1v) is 9.01. The highest BCUT2D eigenvalue weighted by molar-refractivity contribution is 4.81. The molecule has 0 aromatic heterocycles. The molecule has 5 atom stereocenters. The summed E-state index contributed by atoms with van der Waals surface area (Å²) >= 11 is 0. The van der Waals surface area contributed by atoms with Crippen molar-refractivity contribution >= 4 is 0 Å². The first-order chi connectivity index (χ1) is 11.3. The predicted molar refractivity (Wildman–Crippen MR) is 81.5 cm³/mol. The Kier molecular flexibility index (Phi) is 5.48. The predicted octanol–water partition coefficient (Wildman–Crippen LogP) is 1.16. The van der Waals surface area contributed by atoms with Gasteiger partial charge in [-0.1, -0.05) is 0 Å². The van der Waals surface area contributed by atoms with Gasteiger partial charge in [-0.25, -0.2) is 0 Å². The molecule has 5 unspecified atom stereocenters. The molecule has 5 aliphatic heterocycles. The smallest absolute Gasteiger partial charge is 0.104 e. The van der Waals surface area contributed by atoms with Gasteiger partial charge in [-0.15, -0.1) is 0 Å². The summed E-state index contributed by atoms with van der Waals surface area (Å²) < 4.78 is 30.9. The van der Waals surface area contributed by atoms with Gasteiger partial charge in [-0.05, 0) is 31.6 Å². The first-order valence-electron chi connectivity index (χ1n) is 9.01. The third-order valence-electron chi connectivity index (χ3n) is 4.71. The van der Waals surface area contributed by atoms with E-state index in [1.54, 1.807) is 0 Å². The summed E-state index contributed by atoms with van der Waals surface area (Å²) in [7, 11) is 0. The zero-order valence-corrected chi connectivity index (χ0v) is 13.7. The van der Waals surface area contributed by atoms with Crippen molar-refractivity contribution in [1.29, 1.82) is 0 Å². The zero-order chi connectivity index (χ0) is 15.5. The number of hydrogen-bond acceptors (Lipinski definition) is 6. The Morgan fingerprint density at radius 3 is 1.48 bits per heavy atom. The molecule has 5 aliphatic rings. The van der Waals surface area contributed by atoms with Crippen molar-refractivity contribution in [3.8, 4) is 0 Å². The van der Waals surface area contributed by atoms with E-state index in [4.69, 9.17) is 28.4 Å². The van der Waals surface area contributed by atoms with Crippen molar-refractivity contribution in [3.63, 3.8) is 0 Å². The van der Waals surface area contributed by atoms with E-state index in [0.717, 1.165) is 52.2 Å². The van der Waals surface area contributed by atoms with E-state index < -0.39 is 0 Å². The van der Waals surface area contributed by atoms with Crippen LogP contribution >= 0.6 is 0 Å². The highest BCUT2D eigenvalue weighted by atomic mass is 16.6. The summed E-state index contributed by atoms with van der Waals surface area (Å²) in [6.45, 7) is 6.23. The van der Waals surface area contributed by atoms with Crippen LogP contribution in [0.2, 0.25) is 0 Å². The van der Waals surface area contributed by atoms with Crippen LogP contribution in [0.25, 0.3) is 0 Å². The molecule has 132 valence electrons. The molecule has 0 aromatic rings. The average Bonchev–Trinajstić information content (AvgIpc) is 3.39. The van der Waals surface area contributed by atoms with E-state index in [-0.39, 0.29) is 0 Å². The van der Waals surface area contributed by atoms with Gasteiger partial charge >= 0.3 is 0 Å². The lowest BCUT2D eigenvalue weighted by Gasteiger charge is -2.13. The second-order valence-electron chi connectivity index (χ2n) is 7.23. The van der Waals surface area contributed by atoms with E-state index in [2.05, 4.69) is 0 Å². The SMILES string of the molecule is C(CC1CO1)C(CC1CO1)CC1CO1.C(OCC1CO1)C1CO1. The highest BCUT2D eigenvalue weighted by Crippen LogP contribution is 2.32. The standard InChI is InChI=1S/C11H18O3.C6H10O3/c1(2-9-5-12-9)8(3-10-6-13-10)4-11-7-14-11;1(5-3-8-5)7-2-6-4-9-6/h8-11H,1-7H2;5-6H,1-4H2. The lowest BCUT2D eigenvalue weighted by atomic mass is 9.92. The fourth-order valence-electron chi connectivity index (χ4n) is 2.80. The molecule has 5 saturated heterocycles. The Morgan fingerprint density at radius 2 is 1.09 bits per heavy atom. The third kappa shape index (κ3) is 7.45. The summed E-state index contributed by atoms with van der Waals surface area (Å²) in [4.78, 5) is 0. The maximum Gasteiger partial charge on any atom is 0.104 e. The molecule has 0 N–H and O–H groups in total. The fraction of sp³-hybridized carbons (Fsp3) is 1.00. The van der Waals surface area contributed by atoms with Crippen molar-refractivity contribution in [2.45, 2.75) is 56.2 Å². The van der Waals surface area contributed by atoms with Crippen LogP contribution < -0.4 is 0 Å². The Balaban J connectivity index is 0.000000130. The van der Waals surface area contributed by atoms with Gasteiger partial charge < -0.3 is 28.4 Å². The van der Waals surface area contributed by atoms with E-state index in [9.17, 15) is 0 Å². The first kappa shape index (κ1) is 16.2. The highest BCUT2D eigenvalue weighted by Gasteiger charge is 2.33. The van der Waals surface area contributed by atoms with Gasteiger partial charge in [-0.2, -0.15) is 0 Å². The Bertz CT molecular complexity index is 332. The Hall–Kier alpha value is -0.240. The van der Waals surface area contributed by atoms with Crippen LogP contribution in [0.4, 0.5) is 0 Å². The van der Waals surface area contributed by atoms with Gasteiger partial charge in [0, 0.05) is 0 Å². The van der Waals surface area contributed by atoms with E-state index in [1.807, 2.05) is 0 Å². The van der Waals surface area contributed by atoms with Gasteiger partial charge in [0.2, 0.25) is 0 Å². The lowest BCUT2D eigenvalue weighted by molar-refractivity contribution is 0.102. The molecule has 6 nitrogen and oxygen atoms in total. The topological polar surface area (TPSA) is 71.9 Å². The Labute approximate surface area is 137 Å². The molecule has 5 fully saturated rings. The van der Waals surface area contributed by atoms with Gasteiger partial charge in [0.1, 0.15) is 12.2 Å². The van der Waals surface area contributed by atoms with Crippen LogP contribution in [0, 0.1) is 5.92 Å². The molecule has 0 radical (unpaired) electrons. The monoisotopic (exact) mass is 328 g/mol. The molecular formula is C17H28O6. The van der Waals surface area contributed by atoms with Gasteiger partial charge in [-0.3, -0.25) is 0 Å². The molecule has 0 spiro atoms. The largest absolute Gasteiger partial charge is 0.376 e. The summed E-state index contributed by atoms with van der Waals surface area (Å²) in [6, 6.07) is 0. The summed E-state index contributed by atoms with van der Waals surface area (Å²) in [5.74, 6) is 0.805.